The van der Waals surface area contributed by atoms with E-state index in [1.807, 2.05) is 31.5 Å². The molecular weight excluding hydrogens is 445 g/mol. The molecule has 4 aliphatic rings. The number of hydrazone groups is 1. The molecule has 0 fully saturated rings. The summed E-state index contributed by atoms with van der Waals surface area (Å²) in [6, 6.07) is 3.07. The lowest BCUT2D eigenvalue weighted by atomic mass is 9.88. The van der Waals surface area contributed by atoms with E-state index < -0.39 is 21.7 Å². The van der Waals surface area contributed by atoms with Crippen LogP contribution in [0.2, 0.25) is 0 Å². The number of amides is 1. The molecule has 0 radical (unpaired) electrons. The second kappa shape index (κ2) is 7.96. The number of fused-ring (bicyclic) bond motifs is 2. The van der Waals surface area contributed by atoms with Crippen LogP contribution in [0.3, 0.4) is 0 Å². The van der Waals surface area contributed by atoms with Crippen molar-refractivity contribution in [1.82, 2.24) is 19.9 Å². The topological polar surface area (TPSA) is 94.1 Å². The number of carbonyl (C=O) groups is 1. The van der Waals surface area contributed by atoms with Crippen molar-refractivity contribution in [3.63, 3.8) is 0 Å². The number of benzene rings is 1. The summed E-state index contributed by atoms with van der Waals surface area (Å²) in [4.78, 5) is 16.0. The van der Waals surface area contributed by atoms with E-state index >= 15 is 0 Å². The monoisotopic (exact) mass is 469 g/mol. The number of likely N-dealkylation sites (N-methyl/N-ethyl adjacent to an activating group) is 1. The normalized spacial score (nSPS) is 19.3. The van der Waals surface area contributed by atoms with Gasteiger partial charge in [0.1, 0.15) is 11.6 Å². The number of nitrogens with zero attached hydrogens (tertiary/aromatic N) is 3. The molecule has 1 aromatic carbocycles. The van der Waals surface area contributed by atoms with E-state index in [1.54, 1.807) is 11.0 Å². The number of halogens is 1. The van der Waals surface area contributed by atoms with Gasteiger partial charge in [-0.2, -0.15) is 5.10 Å². The van der Waals surface area contributed by atoms with Crippen molar-refractivity contribution in [1.29, 1.82) is 0 Å². The predicted octanol–water partition coefficient (Wildman–Crippen LogP) is 1.41. The summed E-state index contributed by atoms with van der Waals surface area (Å²) in [6.45, 7) is 1.40. The van der Waals surface area contributed by atoms with Crippen LogP contribution < -0.4 is 10.1 Å². The summed E-state index contributed by atoms with van der Waals surface area (Å²) in [5.41, 5.74) is 10.3. The highest BCUT2D eigenvalue weighted by atomic mass is 32.2. The van der Waals surface area contributed by atoms with Gasteiger partial charge in [0.25, 0.3) is 0 Å². The molecule has 0 spiro atoms. The first kappa shape index (κ1) is 21.6. The standard InChI is InChI=1S/C23H24FN5O3S/c1-25-33(31,32)13-21(30)29-7-5-14(6-8-29)18-11-28(2)12-19-17-10-16(24)9-15-3-4-20(22(15)17)26-27-23(18)19/h3-5,9-10,12,25,27H,6-8,11,13H2,1-2H3. The van der Waals surface area contributed by atoms with E-state index in [-0.39, 0.29) is 5.82 Å². The van der Waals surface area contributed by atoms with Crippen LogP contribution in [0.1, 0.15) is 23.1 Å². The number of hydrogen-bond acceptors (Lipinski definition) is 6. The number of rotatable bonds is 4. The van der Waals surface area contributed by atoms with Crippen molar-refractivity contribution in [2.24, 2.45) is 5.10 Å². The third kappa shape index (κ3) is 3.89. The van der Waals surface area contributed by atoms with Crippen molar-refractivity contribution < 1.29 is 17.6 Å². The number of carbonyl (C=O) groups excluding carboxylic acids is 1. The first-order valence-corrected chi connectivity index (χ1v) is 12.3. The van der Waals surface area contributed by atoms with E-state index in [0.717, 1.165) is 44.8 Å². The molecule has 1 aromatic rings. The molecule has 8 nitrogen and oxygen atoms in total. The Morgan fingerprint density at radius 1 is 1.30 bits per heavy atom. The highest BCUT2D eigenvalue weighted by Gasteiger charge is 2.31. The average molecular weight is 470 g/mol. The summed E-state index contributed by atoms with van der Waals surface area (Å²) >= 11 is 0. The lowest BCUT2D eigenvalue weighted by molar-refractivity contribution is -0.128. The molecule has 0 saturated carbocycles. The number of sulfonamides is 1. The lowest BCUT2D eigenvalue weighted by Gasteiger charge is -2.32. The maximum absolute atomic E-state index is 14.4. The molecule has 5 rings (SSSR count). The Balaban J connectivity index is 1.49. The number of hydrogen-bond donors (Lipinski definition) is 2. The van der Waals surface area contributed by atoms with E-state index in [2.05, 4.69) is 20.1 Å². The zero-order valence-electron chi connectivity index (χ0n) is 18.4. The van der Waals surface area contributed by atoms with Gasteiger partial charge >= 0.3 is 0 Å². The minimum absolute atomic E-state index is 0.297. The highest BCUT2D eigenvalue weighted by Crippen LogP contribution is 2.39. The molecule has 2 N–H and O–H groups in total. The second-order valence-corrected chi connectivity index (χ2v) is 10.4. The van der Waals surface area contributed by atoms with E-state index in [4.69, 9.17) is 0 Å². The van der Waals surface area contributed by atoms with Gasteiger partial charge in [-0.05, 0) is 48.4 Å². The zero-order valence-corrected chi connectivity index (χ0v) is 19.2. The Labute approximate surface area is 191 Å². The van der Waals surface area contributed by atoms with Crippen LogP contribution in [-0.2, 0) is 14.8 Å². The lowest BCUT2D eigenvalue weighted by Crippen LogP contribution is -2.41. The number of allylic oxidation sites excluding steroid dienone is 2. The van der Waals surface area contributed by atoms with Crippen molar-refractivity contribution in [3.05, 3.63) is 69.8 Å². The van der Waals surface area contributed by atoms with Gasteiger partial charge in [-0.1, -0.05) is 12.2 Å². The Bertz CT molecular complexity index is 1320. The Morgan fingerprint density at radius 2 is 2.12 bits per heavy atom. The van der Waals surface area contributed by atoms with Gasteiger partial charge in [-0.3, -0.25) is 10.2 Å². The van der Waals surface area contributed by atoms with Crippen LogP contribution in [-0.4, -0.2) is 69.3 Å². The van der Waals surface area contributed by atoms with Crippen molar-refractivity contribution in [3.8, 4) is 0 Å². The molecule has 33 heavy (non-hydrogen) atoms. The van der Waals surface area contributed by atoms with Gasteiger partial charge in [0.15, 0.2) is 0 Å². The zero-order chi connectivity index (χ0) is 23.3. The molecule has 1 amide bonds. The minimum atomic E-state index is -3.61. The first-order chi connectivity index (χ1) is 15.8. The summed E-state index contributed by atoms with van der Waals surface area (Å²) in [5.74, 6) is -1.28. The molecular formula is C23H24FN5O3S. The summed E-state index contributed by atoms with van der Waals surface area (Å²) in [5, 5.41) is 4.59. The molecule has 3 aliphatic heterocycles. The third-order valence-electron chi connectivity index (χ3n) is 6.29. The molecule has 0 unspecified atom stereocenters. The van der Waals surface area contributed by atoms with Gasteiger partial charge in [-0.25, -0.2) is 17.5 Å². The van der Waals surface area contributed by atoms with Crippen LogP contribution in [0.5, 0.6) is 0 Å². The summed E-state index contributed by atoms with van der Waals surface area (Å²) in [6.07, 6.45) is 8.30. The van der Waals surface area contributed by atoms with Gasteiger partial charge < -0.3 is 9.80 Å². The molecule has 172 valence electrons. The summed E-state index contributed by atoms with van der Waals surface area (Å²) < 4.78 is 40.0. The number of nitrogens with one attached hydrogen (secondary N) is 2. The maximum atomic E-state index is 14.4. The van der Waals surface area contributed by atoms with E-state index in [9.17, 15) is 17.6 Å². The quantitative estimate of drug-likeness (QED) is 0.696. The van der Waals surface area contributed by atoms with Crippen LogP contribution in [0, 0.1) is 5.82 Å². The molecule has 1 aliphatic carbocycles. The largest absolute Gasteiger partial charge is 0.375 e. The molecule has 0 atom stereocenters. The fraction of sp³-hybridized carbons (Fsp3) is 0.304. The van der Waals surface area contributed by atoms with E-state index in [1.165, 1.54) is 13.1 Å². The molecule has 3 heterocycles. The van der Waals surface area contributed by atoms with Crippen LogP contribution in [0.25, 0.3) is 11.6 Å². The van der Waals surface area contributed by atoms with Crippen molar-refractivity contribution in [2.45, 2.75) is 6.42 Å². The third-order valence-corrected chi connectivity index (χ3v) is 7.54. The second-order valence-electron chi connectivity index (χ2n) is 8.45. The van der Waals surface area contributed by atoms with E-state index in [0.29, 0.717) is 26.1 Å². The van der Waals surface area contributed by atoms with Gasteiger partial charge in [0, 0.05) is 49.6 Å². The SMILES string of the molecule is CNS(=O)(=O)CC(=O)N1CC=C(C2=C3NN=C4C=Cc5cc(F)cc(c54)C3=CN(C)C2)CC1. The Morgan fingerprint density at radius 3 is 2.85 bits per heavy atom. The summed E-state index contributed by atoms with van der Waals surface area (Å²) in [7, 11) is -0.346. The molecule has 0 saturated heterocycles. The minimum Gasteiger partial charge on any atom is -0.375 e. The van der Waals surface area contributed by atoms with Crippen LogP contribution in [0.15, 0.2) is 52.4 Å². The van der Waals surface area contributed by atoms with Gasteiger partial charge in [0.2, 0.25) is 15.9 Å². The maximum Gasteiger partial charge on any atom is 0.239 e. The molecule has 0 bridgehead atoms. The highest BCUT2D eigenvalue weighted by molar-refractivity contribution is 7.90. The Kier molecular flexibility index (Phi) is 5.21. The predicted molar refractivity (Wildman–Crippen MR) is 125 cm³/mol. The smallest absolute Gasteiger partial charge is 0.239 e. The van der Waals surface area contributed by atoms with Gasteiger partial charge in [0.05, 0.1) is 11.4 Å². The van der Waals surface area contributed by atoms with Crippen molar-refractivity contribution >= 4 is 33.3 Å². The fourth-order valence-electron chi connectivity index (χ4n) is 4.63. The fourth-order valence-corrected chi connectivity index (χ4v) is 5.28. The average Bonchev–Trinajstić information content (AvgIpc) is 3.12. The van der Waals surface area contributed by atoms with Crippen LogP contribution in [0.4, 0.5) is 4.39 Å². The first-order valence-electron chi connectivity index (χ1n) is 10.7. The van der Waals surface area contributed by atoms with Gasteiger partial charge in [-0.15, -0.1) is 0 Å². The molecule has 10 heteroatoms. The van der Waals surface area contributed by atoms with Crippen molar-refractivity contribution in [2.75, 3.05) is 39.5 Å². The Hall–Kier alpha value is -3.24. The van der Waals surface area contributed by atoms with Crippen LogP contribution >= 0.6 is 0 Å². The molecule has 0 aromatic heterocycles.